The lowest BCUT2D eigenvalue weighted by Gasteiger charge is -2.17. The van der Waals surface area contributed by atoms with Gasteiger partial charge in [0.15, 0.2) is 0 Å². The van der Waals surface area contributed by atoms with E-state index in [1.165, 1.54) is 0 Å². The van der Waals surface area contributed by atoms with Gasteiger partial charge in [-0.2, -0.15) is 0 Å². The van der Waals surface area contributed by atoms with E-state index in [1.54, 1.807) is 6.07 Å². The molecule has 0 fully saturated rings. The van der Waals surface area contributed by atoms with Crippen molar-refractivity contribution in [3.8, 4) is 11.1 Å². The van der Waals surface area contributed by atoms with Gasteiger partial charge in [0.2, 0.25) is 5.43 Å². The van der Waals surface area contributed by atoms with E-state index in [2.05, 4.69) is 0 Å². The van der Waals surface area contributed by atoms with E-state index in [9.17, 15) is 4.79 Å². The third-order valence-electron chi connectivity index (χ3n) is 4.60. The molecule has 4 rings (SSSR count). The molecule has 0 N–H and O–H groups in total. The second-order valence-electron chi connectivity index (χ2n) is 6.47. The van der Waals surface area contributed by atoms with E-state index < -0.39 is 0 Å². The van der Waals surface area contributed by atoms with Crippen LogP contribution in [0, 0.1) is 0 Å². The SMILES string of the molecule is CC(OCc1ccccc1)c1oc2ccccc2c(=O)c1-c1ccccc1. The summed E-state index contributed by atoms with van der Waals surface area (Å²) in [6, 6.07) is 26.9. The normalized spacial score (nSPS) is 12.2. The first kappa shape index (κ1) is 17.3. The van der Waals surface area contributed by atoms with Crippen molar-refractivity contribution >= 4 is 11.0 Å². The maximum absolute atomic E-state index is 13.2. The first-order valence-electron chi connectivity index (χ1n) is 9.01. The van der Waals surface area contributed by atoms with E-state index in [4.69, 9.17) is 9.15 Å². The molecule has 1 heterocycles. The molecular weight excluding hydrogens is 336 g/mol. The summed E-state index contributed by atoms with van der Waals surface area (Å²) in [5.74, 6) is 0.556. The zero-order valence-electron chi connectivity index (χ0n) is 15.1. The average Bonchev–Trinajstić information content (AvgIpc) is 2.73. The molecule has 4 aromatic rings. The second-order valence-corrected chi connectivity index (χ2v) is 6.47. The van der Waals surface area contributed by atoms with E-state index in [-0.39, 0.29) is 11.5 Å². The van der Waals surface area contributed by atoms with E-state index in [0.717, 1.165) is 11.1 Å². The lowest BCUT2D eigenvalue weighted by Crippen LogP contribution is -2.12. The summed E-state index contributed by atoms with van der Waals surface area (Å²) in [6.07, 6.45) is -0.363. The molecule has 0 saturated carbocycles. The van der Waals surface area contributed by atoms with E-state index in [0.29, 0.717) is 28.9 Å². The molecule has 0 radical (unpaired) electrons. The average molecular weight is 356 g/mol. The number of benzene rings is 3. The van der Waals surface area contributed by atoms with E-state index in [1.807, 2.05) is 85.8 Å². The van der Waals surface area contributed by atoms with Crippen LogP contribution < -0.4 is 5.43 Å². The largest absolute Gasteiger partial charge is 0.457 e. The summed E-state index contributed by atoms with van der Waals surface area (Å²) in [6.45, 7) is 2.37. The minimum absolute atomic E-state index is 0.0341. The van der Waals surface area contributed by atoms with Crippen LogP contribution in [0.1, 0.15) is 24.4 Å². The van der Waals surface area contributed by atoms with Crippen molar-refractivity contribution in [3.05, 3.63) is 106 Å². The minimum Gasteiger partial charge on any atom is -0.457 e. The van der Waals surface area contributed by atoms with Gasteiger partial charge < -0.3 is 9.15 Å². The molecular formula is C24H20O3. The molecule has 3 heteroatoms. The van der Waals surface area contributed by atoms with Gasteiger partial charge in [0.25, 0.3) is 0 Å². The fraction of sp³-hybridized carbons (Fsp3) is 0.125. The maximum atomic E-state index is 13.2. The van der Waals surface area contributed by atoms with Gasteiger partial charge in [-0.1, -0.05) is 72.8 Å². The van der Waals surface area contributed by atoms with Crippen LogP contribution in [-0.4, -0.2) is 0 Å². The summed E-state index contributed by atoms with van der Waals surface area (Å²) in [5, 5.41) is 0.579. The summed E-state index contributed by atoms with van der Waals surface area (Å²) in [5.41, 5.74) is 3.02. The zero-order chi connectivity index (χ0) is 18.6. The Bertz CT molecular complexity index is 1100. The lowest BCUT2D eigenvalue weighted by molar-refractivity contribution is 0.0389. The first-order chi connectivity index (χ1) is 13.2. The fourth-order valence-corrected chi connectivity index (χ4v) is 3.19. The standard InChI is InChI=1S/C24H20O3/c1-17(26-16-18-10-4-2-5-11-18)24-22(19-12-6-3-7-13-19)23(25)20-14-8-9-15-21(20)27-24/h2-15,17H,16H2,1H3. The molecule has 3 nitrogen and oxygen atoms in total. The molecule has 1 unspecified atom stereocenters. The van der Waals surface area contributed by atoms with Crippen molar-refractivity contribution in [2.75, 3.05) is 0 Å². The van der Waals surface area contributed by atoms with Crippen LogP contribution in [-0.2, 0) is 11.3 Å². The Morgan fingerprint density at radius 3 is 2.22 bits per heavy atom. The highest BCUT2D eigenvalue weighted by molar-refractivity contribution is 5.82. The zero-order valence-corrected chi connectivity index (χ0v) is 15.1. The predicted octanol–water partition coefficient (Wildman–Crippen LogP) is 5.74. The van der Waals surface area contributed by atoms with Crippen molar-refractivity contribution < 1.29 is 9.15 Å². The second kappa shape index (κ2) is 7.60. The molecule has 0 spiro atoms. The maximum Gasteiger partial charge on any atom is 0.200 e. The van der Waals surface area contributed by atoms with Crippen molar-refractivity contribution in [3.63, 3.8) is 0 Å². The van der Waals surface area contributed by atoms with Gasteiger partial charge in [-0.3, -0.25) is 4.79 Å². The smallest absolute Gasteiger partial charge is 0.200 e. The highest BCUT2D eigenvalue weighted by atomic mass is 16.5. The van der Waals surface area contributed by atoms with Gasteiger partial charge in [-0.25, -0.2) is 0 Å². The highest BCUT2D eigenvalue weighted by Gasteiger charge is 2.21. The number of para-hydroxylation sites is 1. The summed E-state index contributed by atoms with van der Waals surface area (Å²) in [7, 11) is 0. The van der Waals surface area contributed by atoms with Crippen LogP contribution >= 0.6 is 0 Å². The monoisotopic (exact) mass is 356 g/mol. The number of fused-ring (bicyclic) bond motifs is 1. The Morgan fingerprint density at radius 2 is 1.48 bits per heavy atom. The first-order valence-corrected chi connectivity index (χ1v) is 9.01. The van der Waals surface area contributed by atoms with Crippen LogP contribution in [0.4, 0.5) is 0 Å². The predicted molar refractivity (Wildman–Crippen MR) is 108 cm³/mol. The van der Waals surface area contributed by atoms with Gasteiger partial charge in [0.05, 0.1) is 17.6 Å². The summed E-state index contributed by atoms with van der Waals surface area (Å²) >= 11 is 0. The molecule has 134 valence electrons. The number of hydrogen-bond acceptors (Lipinski definition) is 3. The molecule has 0 aliphatic carbocycles. The van der Waals surface area contributed by atoms with E-state index >= 15 is 0 Å². The van der Waals surface area contributed by atoms with Gasteiger partial charge >= 0.3 is 0 Å². The van der Waals surface area contributed by atoms with Crippen molar-refractivity contribution in [2.24, 2.45) is 0 Å². The number of hydrogen-bond donors (Lipinski definition) is 0. The lowest BCUT2D eigenvalue weighted by atomic mass is 10.00. The van der Waals surface area contributed by atoms with Crippen molar-refractivity contribution in [1.29, 1.82) is 0 Å². The van der Waals surface area contributed by atoms with Gasteiger partial charge in [-0.15, -0.1) is 0 Å². The van der Waals surface area contributed by atoms with Crippen molar-refractivity contribution in [2.45, 2.75) is 19.6 Å². The number of rotatable bonds is 5. The molecule has 0 saturated heterocycles. The summed E-state index contributed by atoms with van der Waals surface area (Å²) < 4.78 is 12.2. The van der Waals surface area contributed by atoms with Gasteiger partial charge in [0.1, 0.15) is 17.4 Å². The minimum atomic E-state index is -0.363. The Labute approximate surface area is 157 Å². The number of ether oxygens (including phenoxy) is 1. The van der Waals surface area contributed by atoms with Crippen LogP contribution in [0.5, 0.6) is 0 Å². The molecule has 3 aromatic carbocycles. The Kier molecular flexibility index (Phi) is 4.86. The molecule has 27 heavy (non-hydrogen) atoms. The van der Waals surface area contributed by atoms with Gasteiger partial charge in [-0.05, 0) is 30.2 Å². The quantitative estimate of drug-likeness (QED) is 0.458. The summed E-state index contributed by atoms with van der Waals surface area (Å²) in [4.78, 5) is 13.2. The van der Waals surface area contributed by atoms with Gasteiger partial charge in [0, 0.05) is 0 Å². The Morgan fingerprint density at radius 1 is 0.852 bits per heavy atom. The Hall–Kier alpha value is -3.17. The third kappa shape index (κ3) is 3.55. The fourth-order valence-electron chi connectivity index (χ4n) is 3.19. The Balaban J connectivity index is 1.79. The van der Waals surface area contributed by atoms with Crippen LogP contribution in [0.2, 0.25) is 0 Å². The molecule has 1 aromatic heterocycles. The highest BCUT2D eigenvalue weighted by Crippen LogP contribution is 2.31. The molecule has 0 aliphatic heterocycles. The van der Waals surface area contributed by atoms with Crippen LogP contribution in [0.15, 0.2) is 94.1 Å². The molecule has 0 amide bonds. The molecule has 0 aliphatic rings. The molecule has 0 bridgehead atoms. The van der Waals surface area contributed by atoms with Crippen LogP contribution in [0.3, 0.4) is 0 Å². The topological polar surface area (TPSA) is 39.4 Å². The van der Waals surface area contributed by atoms with Crippen molar-refractivity contribution in [1.82, 2.24) is 0 Å². The van der Waals surface area contributed by atoms with Crippen LogP contribution in [0.25, 0.3) is 22.1 Å². The third-order valence-corrected chi connectivity index (χ3v) is 4.60. The molecule has 1 atom stereocenters.